The van der Waals surface area contributed by atoms with Gasteiger partial charge in [0.2, 0.25) is 5.91 Å². The molecule has 0 aliphatic carbocycles. The first-order valence-corrected chi connectivity index (χ1v) is 4.97. The highest BCUT2D eigenvalue weighted by Crippen LogP contribution is 2.09. The van der Waals surface area contributed by atoms with Gasteiger partial charge in [-0.15, -0.1) is 24.2 Å². The first-order valence-electron chi connectivity index (χ1n) is 3.81. The summed E-state index contributed by atoms with van der Waals surface area (Å²) in [6.45, 7) is 3.94. The lowest BCUT2D eigenvalue weighted by Gasteiger charge is -2.12. The van der Waals surface area contributed by atoms with Gasteiger partial charge in [-0.05, 0) is 13.8 Å². The number of carbonyl (C=O) groups excluding carboxylic acids is 1. The number of amides is 1. The number of halogens is 1. The third-order valence-electron chi connectivity index (χ3n) is 1.46. The van der Waals surface area contributed by atoms with Crippen LogP contribution in [0.25, 0.3) is 0 Å². The molecule has 0 radical (unpaired) electrons. The maximum absolute atomic E-state index is 11.3. The van der Waals surface area contributed by atoms with E-state index in [0.717, 1.165) is 11.6 Å². The predicted octanol–water partition coefficient (Wildman–Crippen LogP) is 0.595. The number of hydrogen-bond acceptors (Lipinski definition) is 3. The van der Waals surface area contributed by atoms with Crippen molar-refractivity contribution in [2.45, 2.75) is 25.9 Å². The highest BCUT2D eigenvalue weighted by Gasteiger charge is 2.22. The Balaban J connectivity index is 0.00000121. The van der Waals surface area contributed by atoms with Gasteiger partial charge in [-0.3, -0.25) is 10.1 Å². The largest absolute Gasteiger partial charge is 0.353 e. The van der Waals surface area contributed by atoms with Crippen molar-refractivity contribution < 1.29 is 4.79 Å². The molecule has 3 nitrogen and oxygen atoms in total. The van der Waals surface area contributed by atoms with Crippen molar-refractivity contribution in [3.05, 3.63) is 0 Å². The van der Waals surface area contributed by atoms with Crippen molar-refractivity contribution in [1.82, 2.24) is 10.6 Å². The van der Waals surface area contributed by atoms with Crippen LogP contribution >= 0.6 is 24.2 Å². The Morgan fingerprint density at radius 2 is 2.33 bits per heavy atom. The van der Waals surface area contributed by atoms with Crippen LogP contribution in [0.1, 0.15) is 13.8 Å². The zero-order chi connectivity index (χ0) is 8.27. The molecule has 12 heavy (non-hydrogen) atoms. The normalized spacial score (nSPS) is 22.1. The molecule has 0 spiro atoms. The molecular weight excluding hydrogens is 196 g/mol. The topological polar surface area (TPSA) is 41.1 Å². The van der Waals surface area contributed by atoms with E-state index >= 15 is 0 Å². The van der Waals surface area contributed by atoms with Crippen LogP contribution in [-0.4, -0.2) is 29.6 Å². The molecule has 1 rings (SSSR count). The molecule has 0 aromatic rings. The van der Waals surface area contributed by atoms with E-state index in [0.29, 0.717) is 0 Å². The number of hydrogen-bond donors (Lipinski definition) is 2. The lowest BCUT2D eigenvalue weighted by atomic mass is 10.3. The lowest BCUT2D eigenvalue weighted by Crippen LogP contribution is -2.44. The van der Waals surface area contributed by atoms with Gasteiger partial charge in [0.1, 0.15) is 0 Å². The van der Waals surface area contributed by atoms with Crippen molar-refractivity contribution in [2.75, 3.05) is 11.6 Å². The number of thioether (sulfide) groups is 1. The second-order valence-corrected chi connectivity index (χ2v) is 3.97. The van der Waals surface area contributed by atoms with Crippen LogP contribution in [0.2, 0.25) is 0 Å². The van der Waals surface area contributed by atoms with Crippen molar-refractivity contribution >= 4 is 30.1 Å². The third kappa shape index (κ3) is 3.65. The minimum absolute atomic E-state index is 0. The Labute approximate surface area is 83.5 Å². The van der Waals surface area contributed by atoms with E-state index in [1.165, 1.54) is 0 Å². The van der Waals surface area contributed by atoms with E-state index in [9.17, 15) is 4.79 Å². The van der Waals surface area contributed by atoms with Crippen LogP contribution in [0.3, 0.4) is 0 Å². The zero-order valence-corrected chi connectivity index (χ0v) is 8.93. The maximum atomic E-state index is 11.3. The maximum Gasteiger partial charge on any atom is 0.238 e. The average Bonchev–Trinajstić information content (AvgIpc) is 2.35. The molecule has 5 heteroatoms. The minimum atomic E-state index is 0. The highest BCUT2D eigenvalue weighted by atomic mass is 35.5. The van der Waals surface area contributed by atoms with Crippen LogP contribution in [0.4, 0.5) is 0 Å². The van der Waals surface area contributed by atoms with Crippen molar-refractivity contribution in [1.29, 1.82) is 0 Å². The fraction of sp³-hybridized carbons (Fsp3) is 0.857. The fourth-order valence-corrected chi connectivity index (χ4v) is 1.89. The second kappa shape index (κ2) is 5.67. The van der Waals surface area contributed by atoms with Gasteiger partial charge in [-0.25, -0.2) is 0 Å². The summed E-state index contributed by atoms with van der Waals surface area (Å²) in [4.78, 5) is 11.3. The first-order chi connectivity index (χ1) is 5.20. The monoisotopic (exact) mass is 210 g/mol. The van der Waals surface area contributed by atoms with Gasteiger partial charge in [0, 0.05) is 17.7 Å². The molecule has 0 unspecified atom stereocenters. The zero-order valence-electron chi connectivity index (χ0n) is 7.29. The average molecular weight is 211 g/mol. The molecule has 1 saturated heterocycles. The molecule has 72 valence electrons. The second-order valence-electron chi connectivity index (χ2n) is 2.94. The van der Waals surface area contributed by atoms with E-state index in [-0.39, 0.29) is 30.4 Å². The molecular formula is C7H15ClN2OS. The summed E-state index contributed by atoms with van der Waals surface area (Å²) >= 11 is 1.77. The highest BCUT2D eigenvalue weighted by molar-refractivity contribution is 7.99. The Bertz CT molecular complexity index is 148. The Kier molecular flexibility index (Phi) is 5.70. The molecule has 0 saturated carbocycles. The number of rotatable bonds is 2. The van der Waals surface area contributed by atoms with Crippen molar-refractivity contribution in [3.8, 4) is 0 Å². The van der Waals surface area contributed by atoms with Crippen LogP contribution in [0, 0.1) is 0 Å². The quantitative estimate of drug-likeness (QED) is 0.702. The molecule has 1 aliphatic rings. The van der Waals surface area contributed by atoms with E-state index in [2.05, 4.69) is 10.6 Å². The summed E-state index contributed by atoms with van der Waals surface area (Å²) in [5.41, 5.74) is 0. The van der Waals surface area contributed by atoms with E-state index in [1.54, 1.807) is 11.8 Å². The number of nitrogens with one attached hydrogen (secondary N) is 2. The molecule has 2 N–H and O–H groups in total. The van der Waals surface area contributed by atoms with Gasteiger partial charge in [0.25, 0.3) is 0 Å². The molecule has 0 aromatic carbocycles. The summed E-state index contributed by atoms with van der Waals surface area (Å²) in [5, 5.41) is 5.98. The summed E-state index contributed by atoms with van der Waals surface area (Å²) < 4.78 is 0. The van der Waals surface area contributed by atoms with E-state index in [1.807, 2.05) is 13.8 Å². The van der Waals surface area contributed by atoms with Crippen LogP contribution in [-0.2, 0) is 4.79 Å². The van der Waals surface area contributed by atoms with Gasteiger partial charge < -0.3 is 5.32 Å². The smallest absolute Gasteiger partial charge is 0.238 e. The molecule has 0 aromatic heterocycles. The van der Waals surface area contributed by atoms with Gasteiger partial charge in [0.05, 0.1) is 6.04 Å². The Hall–Kier alpha value is 0.0700. The van der Waals surface area contributed by atoms with Gasteiger partial charge >= 0.3 is 0 Å². The standard InChI is InChI=1S/C7H14N2OS.ClH/c1-5(2)9-7(10)6-3-11-4-8-6;/h5-6,8H,3-4H2,1-2H3,(H,9,10);1H/t6-;/m1./s1. The molecule has 1 fully saturated rings. The van der Waals surface area contributed by atoms with Gasteiger partial charge in [-0.1, -0.05) is 0 Å². The molecule has 1 amide bonds. The molecule has 1 heterocycles. The number of carbonyl (C=O) groups is 1. The molecule has 1 atom stereocenters. The van der Waals surface area contributed by atoms with E-state index in [4.69, 9.17) is 0 Å². The Morgan fingerprint density at radius 3 is 2.75 bits per heavy atom. The van der Waals surface area contributed by atoms with Crippen molar-refractivity contribution in [3.63, 3.8) is 0 Å². The fourth-order valence-electron chi connectivity index (χ4n) is 0.949. The Morgan fingerprint density at radius 1 is 1.67 bits per heavy atom. The first kappa shape index (κ1) is 12.1. The van der Waals surface area contributed by atoms with Crippen molar-refractivity contribution in [2.24, 2.45) is 0 Å². The summed E-state index contributed by atoms with van der Waals surface area (Å²) in [6.07, 6.45) is 0. The molecule has 1 aliphatic heterocycles. The predicted molar refractivity (Wildman–Crippen MR) is 54.8 cm³/mol. The summed E-state index contributed by atoms with van der Waals surface area (Å²) in [7, 11) is 0. The van der Waals surface area contributed by atoms with Gasteiger partial charge in [-0.2, -0.15) is 0 Å². The van der Waals surface area contributed by atoms with Crippen LogP contribution in [0.5, 0.6) is 0 Å². The summed E-state index contributed by atoms with van der Waals surface area (Å²) in [6, 6.07) is 0.275. The summed E-state index contributed by atoms with van der Waals surface area (Å²) in [5.74, 6) is 1.93. The van der Waals surface area contributed by atoms with Crippen LogP contribution in [0.15, 0.2) is 0 Å². The van der Waals surface area contributed by atoms with E-state index < -0.39 is 0 Å². The minimum Gasteiger partial charge on any atom is -0.353 e. The van der Waals surface area contributed by atoms with Gasteiger partial charge in [0.15, 0.2) is 0 Å². The lowest BCUT2D eigenvalue weighted by molar-refractivity contribution is -0.122. The third-order valence-corrected chi connectivity index (χ3v) is 2.40. The SMILES string of the molecule is CC(C)NC(=O)[C@H]1CSCN1.Cl. The molecule has 0 bridgehead atoms. The van der Waals surface area contributed by atoms with Crippen LogP contribution < -0.4 is 10.6 Å².